The number of hydrogen-bond acceptors (Lipinski definition) is 6. The lowest BCUT2D eigenvalue weighted by atomic mass is 9.89. The molecule has 0 bridgehead atoms. The van der Waals surface area contributed by atoms with Crippen LogP contribution in [0.4, 0.5) is 11.5 Å². The van der Waals surface area contributed by atoms with Gasteiger partial charge in [-0.2, -0.15) is 0 Å². The molecule has 0 aliphatic heterocycles. The lowest BCUT2D eigenvalue weighted by molar-refractivity contribution is -0.113. The highest BCUT2D eigenvalue weighted by atomic mass is 35.5. The summed E-state index contributed by atoms with van der Waals surface area (Å²) in [5, 5.41) is 4.85. The first-order valence-corrected chi connectivity index (χ1v) is 10.9. The van der Waals surface area contributed by atoms with Gasteiger partial charge in [-0.05, 0) is 42.9 Å². The van der Waals surface area contributed by atoms with Crippen molar-refractivity contribution in [1.29, 1.82) is 0 Å². The van der Waals surface area contributed by atoms with Crippen molar-refractivity contribution in [3.63, 3.8) is 0 Å². The molecule has 2 heterocycles. The Balaban J connectivity index is 1.49. The molecule has 1 aromatic carbocycles. The van der Waals surface area contributed by atoms with Crippen molar-refractivity contribution >= 4 is 62.3 Å². The quantitative estimate of drug-likeness (QED) is 0.470. The van der Waals surface area contributed by atoms with Gasteiger partial charge in [0.1, 0.15) is 10.6 Å². The Morgan fingerprint density at radius 2 is 2.22 bits per heavy atom. The van der Waals surface area contributed by atoms with E-state index in [9.17, 15) is 4.79 Å². The fourth-order valence-electron chi connectivity index (χ4n) is 3.29. The maximum absolute atomic E-state index is 12.2. The smallest absolute Gasteiger partial charge is 0.234 e. The summed E-state index contributed by atoms with van der Waals surface area (Å²) in [5.41, 5.74) is 8.15. The summed E-state index contributed by atoms with van der Waals surface area (Å²) in [4.78, 5) is 23.6. The van der Waals surface area contributed by atoms with Crippen LogP contribution < -0.4 is 11.1 Å². The number of nitrogens with two attached hydrogens (primary N) is 1. The normalized spacial score (nSPS) is 16.3. The molecule has 1 amide bonds. The fourth-order valence-corrected chi connectivity index (χ4v) is 5.58. The molecule has 3 aromatic rings. The summed E-state index contributed by atoms with van der Waals surface area (Å²) in [6, 6.07) is 7.15. The van der Waals surface area contributed by atoms with Crippen molar-refractivity contribution in [3.8, 4) is 0 Å². The van der Waals surface area contributed by atoms with Gasteiger partial charge in [-0.25, -0.2) is 9.97 Å². The zero-order chi connectivity index (χ0) is 19.0. The number of nitrogen functional groups attached to an aromatic ring is 1. The molecule has 1 aliphatic carbocycles. The number of fused-ring (bicyclic) bond motifs is 3. The number of rotatable bonds is 4. The van der Waals surface area contributed by atoms with Gasteiger partial charge >= 0.3 is 0 Å². The topological polar surface area (TPSA) is 80.9 Å². The molecule has 27 heavy (non-hydrogen) atoms. The number of thiophene rings is 1. The molecule has 0 saturated carbocycles. The Hall–Kier alpha value is -1.83. The van der Waals surface area contributed by atoms with Crippen LogP contribution in [0.3, 0.4) is 0 Å². The van der Waals surface area contributed by atoms with E-state index in [1.165, 1.54) is 28.6 Å². The van der Waals surface area contributed by atoms with Gasteiger partial charge in [0, 0.05) is 4.88 Å². The monoisotopic (exact) mass is 418 g/mol. The first kappa shape index (κ1) is 18.5. The second-order valence-electron chi connectivity index (χ2n) is 6.74. The van der Waals surface area contributed by atoms with Crippen LogP contribution in [-0.2, 0) is 17.6 Å². The fraction of sp³-hybridized carbons (Fsp3) is 0.316. The maximum atomic E-state index is 12.2. The third kappa shape index (κ3) is 3.90. The number of para-hydroxylation sites is 1. The number of anilines is 2. The van der Waals surface area contributed by atoms with E-state index in [2.05, 4.69) is 22.2 Å². The van der Waals surface area contributed by atoms with Gasteiger partial charge in [0.2, 0.25) is 5.91 Å². The lowest BCUT2D eigenvalue weighted by Crippen LogP contribution is -2.14. The van der Waals surface area contributed by atoms with Gasteiger partial charge < -0.3 is 11.1 Å². The van der Waals surface area contributed by atoms with Crippen LogP contribution in [0, 0.1) is 5.92 Å². The third-order valence-electron chi connectivity index (χ3n) is 4.64. The first-order chi connectivity index (χ1) is 13.0. The SMILES string of the molecule is CC1CCc2c(sc3nc(SCC(=O)Nc4ccccc4Cl)nc(N)c23)C1. The zero-order valence-corrected chi connectivity index (χ0v) is 17.2. The van der Waals surface area contributed by atoms with Gasteiger partial charge in [-0.1, -0.05) is 42.4 Å². The number of nitrogens with zero attached hydrogens (tertiary/aromatic N) is 2. The Morgan fingerprint density at radius 3 is 3.04 bits per heavy atom. The Morgan fingerprint density at radius 1 is 1.41 bits per heavy atom. The van der Waals surface area contributed by atoms with Crippen LogP contribution in [0.25, 0.3) is 10.2 Å². The number of benzene rings is 1. The van der Waals surface area contributed by atoms with E-state index in [4.69, 9.17) is 17.3 Å². The highest BCUT2D eigenvalue weighted by Gasteiger charge is 2.23. The van der Waals surface area contributed by atoms with Crippen molar-refractivity contribution in [1.82, 2.24) is 9.97 Å². The zero-order valence-electron chi connectivity index (χ0n) is 14.8. The average Bonchev–Trinajstić information content (AvgIpc) is 2.99. The van der Waals surface area contributed by atoms with Gasteiger partial charge in [0.25, 0.3) is 0 Å². The standard InChI is InChI=1S/C19H19ClN4OS2/c1-10-6-7-11-14(8-10)27-18-16(11)17(21)23-19(24-18)26-9-15(25)22-13-5-3-2-4-12(13)20/h2-5,10H,6-9H2,1H3,(H,22,25)(H2,21,23,24). The summed E-state index contributed by atoms with van der Waals surface area (Å²) in [7, 11) is 0. The largest absolute Gasteiger partial charge is 0.383 e. The number of nitrogens with one attached hydrogen (secondary N) is 1. The third-order valence-corrected chi connectivity index (χ3v) is 6.97. The summed E-state index contributed by atoms with van der Waals surface area (Å²) >= 11 is 9.06. The van der Waals surface area contributed by atoms with E-state index in [0.717, 1.165) is 23.1 Å². The Bertz CT molecular complexity index is 1020. The molecule has 8 heteroatoms. The molecule has 0 radical (unpaired) electrons. The minimum atomic E-state index is -0.158. The van der Waals surface area contributed by atoms with Gasteiger partial charge in [0.05, 0.1) is 21.8 Å². The number of carbonyl (C=O) groups is 1. The molecule has 0 spiro atoms. The summed E-state index contributed by atoms with van der Waals surface area (Å²) < 4.78 is 0. The highest BCUT2D eigenvalue weighted by molar-refractivity contribution is 7.99. The minimum absolute atomic E-state index is 0.158. The molecule has 0 fully saturated rings. The van der Waals surface area contributed by atoms with E-state index < -0.39 is 0 Å². The summed E-state index contributed by atoms with van der Waals surface area (Å²) in [6.45, 7) is 2.28. The molecular weight excluding hydrogens is 400 g/mol. The van der Waals surface area contributed by atoms with Crippen molar-refractivity contribution in [2.75, 3.05) is 16.8 Å². The van der Waals surface area contributed by atoms with Crippen molar-refractivity contribution in [2.45, 2.75) is 31.3 Å². The molecule has 1 atom stereocenters. The average molecular weight is 419 g/mol. The Kier molecular flexibility index (Phi) is 5.25. The first-order valence-electron chi connectivity index (χ1n) is 8.76. The predicted octanol–water partition coefficient (Wildman–Crippen LogP) is 4.78. The molecule has 1 aliphatic rings. The summed E-state index contributed by atoms with van der Waals surface area (Å²) in [6.07, 6.45) is 3.30. The highest BCUT2D eigenvalue weighted by Crippen LogP contribution is 2.39. The lowest BCUT2D eigenvalue weighted by Gasteiger charge is -2.17. The number of thioether (sulfide) groups is 1. The second kappa shape index (κ2) is 7.66. The minimum Gasteiger partial charge on any atom is -0.383 e. The molecule has 5 nitrogen and oxygen atoms in total. The van der Waals surface area contributed by atoms with Crippen LogP contribution in [0.2, 0.25) is 5.02 Å². The van der Waals surface area contributed by atoms with Crippen LogP contribution in [0.1, 0.15) is 23.8 Å². The second-order valence-corrected chi connectivity index (χ2v) is 9.17. The maximum Gasteiger partial charge on any atom is 0.234 e. The molecule has 140 valence electrons. The molecule has 2 aromatic heterocycles. The van der Waals surface area contributed by atoms with E-state index in [0.29, 0.717) is 27.6 Å². The number of aryl methyl sites for hydroxylation is 1. The van der Waals surface area contributed by atoms with E-state index >= 15 is 0 Å². The van der Waals surface area contributed by atoms with Crippen LogP contribution >= 0.6 is 34.7 Å². The van der Waals surface area contributed by atoms with Gasteiger partial charge in [-0.15, -0.1) is 11.3 Å². The number of halogens is 1. The number of aromatic nitrogens is 2. The predicted molar refractivity (Wildman–Crippen MR) is 114 cm³/mol. The van der Waals surface area contributed by atoms with E-state index in [1.54, 1.807) is 23.5 Å². The van der Waals surface area contributed by atoms with Gasteiger partial charge in [0.15, 0.2) is 5.16 Å². The summed E-state index contributed by atoms with van der Waals surface area (Å²) in [5.74, 6) is 1.25. The number of carbonyl (C=O) groups excluding carboxylic acids is 1. The van der Waals surface area contributed by atoms with Crippen molar-refractivity contribution in [3.05, 3.63) is 39.7 Å². The molecule has 3 N–H and O–H groups in total. The number of amides is 1. The van der Waals surface area contributed by atoms with Crippen LogP contribution in [0.5, 0.6) is 0 Å². The number of hydrogen-bond donors (Lipinski definition) is 2. The van der Waals surface area contributed by atoms with Gasteiger partial charge in [-0.3, -0.25) is 4.79 Å². The molecule has 1 unspecified atom stereocenters. The Labute approximate surface area is 170 Å². The van der Waals surface area contributed by atoms with E-state index in [1.807, 2.05) is 12.1 Å². The van der Waals surface area contributed by atoms with E-state index in [-0.39, 0.29) is 11.7 Å². The molecule has 0 saturated heterocycles. The van der Waals surface area contributed by atoms with Crippen LogP contribution in [0.15, 0.2) is 29.4 Å². The van der Waals surface area contributed by atoms with Crippen molar-refractivity contribution in [2.24, 2.45) is 5.92 Å². The molecular formula is C19H19ClN4OS2. The molecule has 4 rings (SSSR count). The van der Waals surface area contributed by atoms with Crippen LogP contribution in [-0.4, -0.2) is 21.6 Å². The van der Waals surface area contributed by atoms with Crippen molar-refractivity contribution < 1.29 is 4.79 Å².